The Bertz CT molecular complexity index is 371. The van der Waals surface area contributed by atoms with Crippen LogP contribution in [-0.2, 0) is 14.3 Å². The summed E-state index contributed by atoms with van der Waals surface area (Å²) in [7, 11) is 0. The van der Waals surface area contributed by atoms with Crippen LogP contribution in [0.3, 0.4) is 0 Å². The van der Waals surface area contributed by atoms with E-state index in [4.69, 9.17) is 4.74 Å². The van der Waals surface area contributed by atoms with Gasteiger partial charge in [0.1, 0.15) is 12.1 Å². The smallest absolute Gasteiger partial charge is 0.246 e. The molecule has 2 unspecified atom stereocenters. The quantitative estimate of drug-likeness (QED) is 0.825. The van der Waals surface area contributed by atoms with Crippen molar-refractivity contribution in [2.45, 2.75) is 58.2 Å². The van der Waals surface area contributed by atoms with E-state index in [1.54, 1.807) is 11.8 Å². The number of carbonyl (C=O) groups is 2. The molecule has 2 atom stereocenters. The molecule has 108 valence electrons. The van der Waals surface area contributed by atoms with Crippen LogP contribution in [0.2, 0.25) is 0 Å². The summed E-state index contributed by atoms with van der Waals surface area (Å²) in [6.45, 7) is 8.65. The van der Waals surface area contributed by atoms with E-state index < -0.39 is 6.04 Å². The molecule has 1 aliphatic carbocycles. The van der Waals surface area contributed by atoms with Crippen molar-refractivity contribution in [1.82, 2.24) is 10.2 Å². The molecule has 0 aromatic rings. The molecule has 1 heterocycles. The number of piperazine rings is 1. The van der Waals surface area contributed by atoms with Gasteiger partial charge in [-0.05, 0) is 46.5 Å². The monoisotopic (exact) mass is 268 g/mol. The fourth-order valence-electron chi connectivity index (χ4n) is 2.35. The van der Waals surface area contributed by atoms with Crippen molar-refractivity contribution < 1.29 is 14.3 Å². The van der Waals surface area contributed by atoms with Crippen molar-refractivity contribution >= 4 is 11.8 Å². The van der Waals surface area contributed by atoms with Crippen LogP contribution in [0.5, 0.6) is 0 Å². The zero-order valence-electron chi connectivity index (χ0n) is 12.2. The minimum atomic E-state index is -0.397. The van der Waals surface area contributed by atoms with E-state index in [1.807, 2.05) is 20.8 Å². The molecule has 1 saturated carbocycles. The normalized spacial score (nSPS) is 28.5. The molecule has 2 aliphatic rings. The van der Waals surface area contributed by atoms with E-state index in [0.29, 0.717) is 19.1 Å². The Morgan fingerprint density at radius 1 is 1.32 bits per heavy atom. The number of rotatable bonds is 4. The van der Waals surface area contributed by atoms with Gasteiger partial charge in [-0.1, -0.05) is 0 Å². The summed E-state index contributed by atoms with van der Waals surface area (Å²) in [6, 6.07) is -0.704. The summed E-state index contributed by atoms with van der Waals surface area (Å²) in [5, 5.41) is 2.84. The van der Waals surface area contributed by atoms with Crippen molar-refractivity contribution in [3.63, 3.8) is 0 Å². The van der Waals surface area contributed by atoms with Crippen LogP contribution in [0, 0.1) is 5.92 Å². The van der Waals surface area contributed by atoms with Gasteiger partial charge < -0.3 is 15.0 Å². The highest BCUT2D eigenvalue weighted by atomic mass is 16.5. The SMILES string of the molecule is CC1C(=O)NC(C2CC2)C(=O)N1CCOC(C)(C)C. The molecule has 2 fully saturated rings. The van der Waals surface area contributed by atoms with Crippen LogP contribution in [0.1, 0.15) is 40.5 Å². The highest BCUT2D eigenvalue weighted by Gasteiger charge is 2.45. The predicted octanol–water partition coefficient (Wildman–Crippen LogP) is 0.927. The van der Waals surface area contributed by atoms with Crippen molar-refractivity contribution in [1.29, 1.82) is 0 Å². The number of hydrogen-bond acceptors (Lipinski definition) is 3. The molecular weight excluding hydrogens is 244 g/mol. The lowest BCUT2D eigenvalue weighted by atomic mass is 10.0. The van der Waals surface area contributed by atoms with Crippen molar-refractivity contribution in [2.24, 2.45) is 5.92 Å². The Balaban J connectivity index is 1.95. The van der Waals surface area contributed by atoms with Crippen molar-refractivity contribution in [2.75, 3.05) is 13.2 Å². The highest BCUT2D eigenvalue weighted by Crippen LogP contribution is 2.34. The van der Waals surface area contributed by atoms with Gasteiger partial charge in [-0.25, -0.2) is 0 Å². The molecule has 2 rings (SSSR count). The average molecular weight is 268 g/mol. The molecule has 2 amide bonds. The third kappa shape index (κ3) is 3.47. The molecule has 0 aromatic carbocycles. The molecule has 0 spiro atoms. The standard InChI is InChI=1S/C14H24N2O3/c1-9-12(17)15-11(10-5-6-10)13(18)16(9)7-8-19-14(2,3)4/h9-11H,5-8H2,1-4H3,(H,15,17). The van der Waals surface area contributed by atoms with Gasteiger partial charge in [-0.3, -0.25) is 9.59 Å². The van der Waals surface area contributed by atoms with Gasteiger partial charge in [-0.2, -0.15) is 0 Å². The topological polar surface area (TPSA) is 58.6 Å². The number of nitrogens with one attached hydrogen (secondary N) is 1. The second-order valence-electron chi connectivity index (χ2n) is 6.49. The van der Waals surface area contributed by atoms with Crippen LogP contribution in [-0.4, -0.2) is 47.6 Å². The van der Waals surface area contributed by atoms with Gasteiger partial charge in [0.15, 0.2) is 0 Å². The summed E-state index contributed by atoms with van der Waals surface area (Å²) in [4.78, 5) is 25.9. The predicted molar refractivity (Wildman–Crippen MR) is 71.5 cm³/mol. The molecule has 1 saturated heterocycles. The number of nitrogens with zero attached hydrogens (tertiary/aromatic N) is 1. The molecule has 1 aliphatic heterocycles. The Kier molecular flexibility index (Phi) is 3.85. The summed E-state index contributed by atoms with van der Waals surface area (Å²) < 4.78 is 5.65. The lowest BCUT2D eigenvalue weighted by Gasteiger charge is -2.38. The molecule has 0 aromatic heterocycles. The number of hydrogen-bond donors (Lipinski definition) is 1. The highest BCUT2D eigenvalue weighted by molar-refractivity contribution is 5.97. The van der Waals surface area contributed by atoms with E-state index in [9.17, 15) is 9.59 Å². The van der Waals surface area contributed by atoms with E-state index in [2.05, 4.69) is 5.32 Å². The van der Waals surface area contributed by atoms with Gasteiger partial charge in [0.05, 0.1) is 12.2 Å². The fraction of sp³-hybridized carbons (Fsp3) is 0.857. The summed E-state index contributed by atoms with van der Waals surface area (Å²) in [6.07, 6.45) is 2.08. The van der Waals surface area contributed by atoms with Crippen LogP contribution in [0.25, 0.3) is 0 Å². The third-order valence-corrected chi connectivity index (χ3v) is 3.65. The Morgan fingerprint density at radius 2 is 1.95 bits per heavy atom. The van der Waals surface area contributed by atoms with Crippen molar-refractivity contribution in [3.05, 3.63) is 0 Å². The molecule has 1 N–H and O–H groups in total. The fourth-order valence-corrected chi connectivity index (χ4v) is 2.35. The van der Waals surface area contributed by atoms with Crippen LogP contribution in [0.4, 0.5) is 0 Å². The van der Waals surface area contributed by atoms with E-state index in [1.165, 1.54) is 0 Å². The maximum absolute atomic E-state index is 12.4. The maximum Gasteiger partial charge on any atom is 0.246 e. The second-order valence-corrected chi connectivity index (χ2v) is 6.49. The van der Waals surface area contributed by atoms with E-state index in [-0.39, 0.29) is 23.5 Å². The van der Waals surface area contributed by atoms with Gasteiger partial charge in [0.25, 0.3) is 0 Å². The van der Waals surface area contributed by atoms with Gasteiger partial charge in [-0.15, -0.1) is 0 Å². The summed E-state index contributed by atoms with van der Waals surface area (Å²) in [5.74, 6) is 0.342. The number of amides is 2. The molecule has 5 heteroatoms. The summed E-state index contributed by atoms with van der Waals surface area (Å²) >= 11 is 0. The third-order valence-electron chi connectivity index (χ3n) is 3.65. The maximum atomic E-state index is 12.4. The van der Waals surface area contributed by atoms with Gasteiger partial charge >= 0.3 is 0 Å². The van der Waals surface area contributed by atoms with Crippen LogP contribution < -0.4 is 5.32 Å². The van der Waals surface area contributed by atoms with Gasteiger partial charge in [0.2, 0.25) is 11.8 Å². The molecule has 5 nitrogen and oxygen atoms in total. The first-order chi connectivity index (χ1) is 8.79. The Morgan fingerprint density at radius 3 is 2.47 bits per heavy atom. The molecule has 0 bridgehead atoms. The average Bonchev–Trinajstić information content (AvgIpc) is 3.10. The molecular formula is C14H24N2O3. The lowest BCUT2D eigenvalue weighted by Crippen LogP contribution is -2.63. The minimum absolute atomic E-state index is 0.0482. The van der Waals surface area contributed by atoms with Crippen molar-refractivity contribution in [3.8, 4) is 0 Å². The first kappa shape index (κ1) is 14.3. The Hall–Kier alpha value is -1.10. The van der Waals surface area contributed by atoms with E-state index in [0.717, 1.165) is 12.8 Å². The minimum Gasteiger partial charge on any atom is -0.374 e. The summed E-state index contributed by atoms with van der Waals surface area (Å²) in [5.41, 5.74) is -0.222. The lowest BCUT2D eigenvalue weighted by molar-refractivity contribution is -0.150. The number of ether oxygens (including phenoxy) is 1. The van der Waals surface area contributed by atoms with E-state index >= 15 is 0 Å². The Labute approximate surface area is 114 Å². The van der Waals surface area contributed by atoms with Crippen LogP contribution >= 0.6 is 0 Å². The number of carbonyl (C=O) groups excluding carboxylic acids is 2. The van der Waals surface area contributed by atoms with Crippen LogP contribution in [0.15, 0.2) is 0 Å². The zero-order valence-corrected chi connectivity index (χ0v) is 12.2. The largest absolute Gasteiger partial charge is 0.374 e. The zero-order chi connectivity index (χ0) is 14.2. The second kappa shape index (κ2) is 5.12. The molecule has 0 radical (unpaired) electrons. The molecule has 19 heavy (non-hydrogen) atoms. The first-order valence-electron chi connectivity index (χ1n) is 7.04. The van der Waals surface area contributed by atoms with Gasteiger partial charge in [0, 0.05) is 6.54 Å². The first-order valence-corrected chi connectivity index (χ1v) is 7.04.